The maximum Gasteiger partial charge on any atom is 0.249 e. The molecule has 1 N–H and O–H groups in total. The van der Waals surface area contributed by atoms with Crippen LogP contribution in [-0.2, 0) is 11.3 Å². The number of anilines is 1. The number of aromatic nitrogens is 4. The van der Waals surface area contributed by atoms with Gasteiger partial charge in [0.15, 0.2) is 0 Å². The summed E-state index contributed by atoms with van der Waals surface area (Å²) >= 11 is 9.30. The van der Waals surface area contributed by atoms with Crippen LogP contribution in [0.4, 0.5) is 5.69 Å². The summed E-state index contributed by atoms with van der Waals surface area (Å²) in [7, 11) is 0. The molecule has 0 aliphatic rings. The zero-order valence-corrected chi connectivity index (χ0v) is 15.2. The van der Waals surface area contributed by atoms with Crippen LogP contribution in [0.3, 0.4) is 0 Å². The molecule has 0 spiro atoms. The number of hydrogen-bond donors (Lipinski definition) is 1. The average Bonchev–Trinajstić information content (AvgIpc) is 3.16. The van der Waals surface area contributed by atoms with Gasteiger partial charge in [-0.1, -0.05) is 23.7 Å². The Labute approximate surface area is 152 Å². The molecule has 0 saturated carbocycles. The fraction of sp³-hybridized carbons (Fsp3) is 0.188. The lowest BCUT2D eigenvalue weighted by atomic mass is 10.2. The van der Waals surface area contributed by atoms with Gasteiger partial charge in [0.05, 0.1) is 29.1 Å². The minimum Gasteiger partial charge on any atom is -0.322 e. The molecule has 1 atom stereocenters. The van der Waals surface area contributed by atoms with Gasteiger partial charge >= 0.3 is 0 Å². The quantitative estimate of drug-likeness (QED) is 0.699. The second kappa shape index (κ2) is 7.19. The van der Waals surface area contributed by atoms with E-state index in [1.54, 1.807) is 41.1 Å². The van der Waals surface area contributed by atoms with E-state index in [1.165, 1.54) is 0 Å². The van der Waals surface area contributed by atoms with E-state index in [1.807, 2.05) is 24.3 Å². The molecule has 3 rings (SSSR count). The molecule has 1 amide bonds. The van der Waals surface area contributed by atoms with Crippen molar-refractivity contribution in [2.75, 3.05) is 5.32 Å². The summed E-state index contributed by atoms with van der Waals surface area (Å²) in [5, 5.41) is 11.9. The fourth-order valence-corrected chi connectivity index (χ4v) is 2.74. The number of carbonyl (C=O) groups excluding carboxylic acids is 1. The Morgan fingerprint density at radius 1 is 1.33 bits per heavy atom. The van der Waals surface area contributed by atoms with Crippen LogP contribution in [0.1, 0.15) is 18.5 Å². The summed E-state index contributed by atoms with van der Waals surface area (Å²) in [6.07, 6.45) is 6.80. The lowest BCUT2D eigenvalue weighted by Crippen LogP contribution is -2.23. The van der Waals surface area contributed by atoms with Crippen molar-refractivity contribution < 1.29 is 4.79 Å². The average molecular weight is 409 g/mol. The Morgan fingerprint density at radius 2 is 2.17 bits per heavy atom. The number of carbonyl (C=O) groups is 1. The van der Waals surface area contributed by atoms with Gasteiger partial charge in [-0.05, 0) is 40.5 Å². The molecular formula is C16H15BrClN5O. The first-order valence-electron chi connectivity index (χ1n) is 7.28. The summed E-state index contributed by atoms with van der Waals surface area (Å²) in [4.78, 5) is 12.3. The summed E-state index contributed by atoms with van der Waals surface area (Å²) in [5.74, 6) is -0.159. The van der Waals surface area contributed by atoms with E-state index in [2.05, 4.69) is 31.4 Å². The molecule has 0 aliphatic heterocycles. The van der Waals surface area contributed by atoms with E-state index in [4.69, 9.17) is 11.6 Å². The van der Waals surface area contributed by atoms with Crippen LogP contribution in [0.2, 0.25) is 5.02 Å². The van der Waals surface area contributed by atoms with Crippen molar-refractivity contribution >= 4 is 39.1 Å². The molecule has 24 heavy (non-hydrogen) atoms. The fourth-order valence-electron chi connectivity index (χ4n) is 2.23. The summed E-state index contributed by atoms with van der Waals surface area (Å²) in [6.45, 7) is 2.36. The first kappa shape index (κ1) is 16.7. The zero-order valence-electron chi connectivity index (χ0n) is 12.9. The van der Waals surface area contributed by atoms with Crippen LogP contribution in [-0.4, -0.2) is 25.5 Å². The second-order valence-electron chi connectivity index (χ2n) is 5.36. The van der Waals surface area contributed by atoms with Crippen molar-refractivity contribution in [3.8, 4) is 0 Å². The molecule has 124 valence electrons. The summed E-state index contributed by atoms with van der Waals surface area (Å²) < 4.78 is 4.17. The van der Waals surface area contributed by atoms with Gasteiger partial charge in [0.2, 0.25) is 5.91 Å². The van der Waals surface area contributed by atoms with Crippen molar-refractivity contribution in [2.24, 2.45) is 0 Å². The highest BCUT2D eigenvalue weighted by atomic mass is 79.9. The van der Waals surface area contributed by atoms with Crippen LogP contribution in [0, 0.1) is 0 Å². The minimum absolute atomic E-state index is 0.159. The lowest BCUT2D eigenvalue weighted by molar-refractivity contribution is -0.119. The predicted octanol–water partition coefficient (Wildman–Crippen LogP) is 3.74. The smallest absolute Gasteiger partial charge is 0.249 e. The highest BCUT2D eigenvalue weighted by Gasteiger charge is 2.16. The number of nitrogens with zero attached hydrogens (tertiary/aromatic N) is 4. The van der Waals surface area contributed by atoms with E-state index < -0.39 is 6.04 Å². The molecule has 0 radical (unpaired) electrons. The molecule has 0 aliphatic carbocycles. The van der Waals surface area contributed by atoms with E-state index >= 15 is 0 Å². The minimum atomic E-state index is -0.424. The molecule has 8 heteroatoms. The Balaban J connectivity index is 1.64. The maximum atomic E-state index is 12.3. The maximum absolute atomic E-state index is 12.3. The highest BCUT2D eigenvalue weighted by Crippen LogP contribution is 2.15. The van der Waals surface area contributed by atoms with Gasteiger partial charge in [-0.3, -0.25) is 14.2 Å². The zero-order chi connectivity index (χ0) is 17.1. The van der Waals surface area contributed by atoms with Gasteiger partial charge in [-0.25, -0.2) is 0 Å². The number of benzene rings is 1. The van der Waals surface area contributed by atoms with Gasteiger partial charge in [-0.2, -0.15) is 10.2 Å². The third-order valence-corrected chi connectivity index (χ3v) is 4.13. The molecule has 0 fully saturated rings. The van der Waals surface area contributed by atoms with Crippen molar-refractivity contribution in [1.82, 2.24) is 19.6 Å². The number of halogens is 2. The first-order valence-corrected chi connectivity index (χ1v) is 8.46. The predicted molar refractivity (Wildman–Crippen MR) is 96.0 cm³/mol. The van der Waals surface area contributed by atoms with Crippen LogP contribution in [0.15, 0.2) is 53.5 Å². The molecule has 6 nitrogen and oxygen atoms in total. The van der Waals surface area contributed by atoms with Crippen molar-refractivity contribution in [3.05, 3.63) is 64.1 Å². The third-order valence-electron chi connectivity index (χ3n) is 3.48. The van der Waals surface area contributed by atoms with Crippen molar-refractivity contribution in [1.29, 1.82) is 0 Å². The van der Waals surface area contributed by atoms with Gasteiger partial charge < -0.3 is 5.32 Å². The van der Waals surface area contributed by atoms with E-state index in [-0.39, 0.29) is 5.91 Å². The molecule has 3 aromatic rings. The number of amides is 1. The lowest BCUT2D eigenvalue weighted by Gasteiger charge is -2.11. The Morgan fingerprint density at radius 3 is 2.88 bits per heavy atom. The van der Waals surface area contributed by atoms with E-state index in [0.717, 1.165) is 10.0 Å². The topological polar surface area (TPSA) is 64.7 Å². The van der Waals surface area contributed by atoms with Gasteiger partial charge in [0.1, 0.15) is 6.04 Å². The monoisotopic (exact) mass is 407 g/mol. The van der Waals surface area contributed by atoms with Crippen LogP contribution < -0.4 is 5.32 Å². The standard InChI is InChI=1S/C16H15BrClN5O/c1-11(23-9-13(17)6-20-23)16(24)21-15-7-19-22(10-15)8-12-3-2-4-14(18)5-12/h2-7,9-11H,8H2,1H3,(H,21,24). The largest absolute Gasteiger partial charge is 0.322 e. The van der Waals surface area contributed by atoms with E-state index in [0.29, 0.717) is 17.3 Å². The van der Waals surface area contributed by atoms with Gasteiger partial charge in [0, 0.05) is 17.4 Å². The molecule has 1 aromatic carbocycles. The molecule has 2 aromatic heterocycles. The number of nitrogens with one attached hydrogen (secondary N) is 1. The number of hydrogen-bond acceptors (Lipinski definition) is 3. The molecule has 2 heterocycles. The van der Waals surface area contributed by atoms with E-state index in [9.17, 15) is 4.79 Å². The third kappa shape index (κ3) is 4.04. The van der Waals surface area contributed by atoms with Gasteiger partial charge in [0.25, 0.3) is 0 Å². The van der Waals surface area contributed by atoms with Crippen LogP contribution >= 0.6 is 27.5 Å². The summed E-state index contributed by atoms with van der Waals surface area (Å²) in [6, 6.07) is 7.16. The Bertz CT molecular complexity index is 860. The molecular weight excluding hydrogens is 394 g/mol. The van der Waals surface area contributed by atoms with Gasteiger partial charge in [-0.15, -0.1) is 0 Å². The second-order valence-corrected chi connectivity index (χ2v) is 6.71. The van der Waals surface area contributed by atoms with Crippen molar-refractivity contribution in [2.45, 2.75) is 19.5 Å². The Hall–Kier alpha value is -2.12. The van der Waals surface area contributed by atoms with Crippen molar-refractivity contribution in [3.63, 3.8) is 0 Å². The summed E-state index contributed by atoms with van der Waals surface area (Å²) in [5.41, 5.74) is 1.68. The molecule has 0 bridgehead atoms. The molecule has 0 saturated heterocycles. The first-order chi connectivity index (χ1) is 11.5. The van der Waals surface area contributed by atoms with Crippen LogP contribution in [0.25, 0.3) is 0 Å². The SMILES string of the molecule is CC(C(=O)Nc1cnn(Cc2cccc(Cl)c2)c1)n1cc(Br)cn1. The normalized spacial score (nSPS) is 12.1. The molecule has 1 unspecified atom stereocenters. The Kier molecular flexibility index (Phi) is 5.01. The highest BCUT2D eigenvalue weighted by molar-refractivity contribution is 9.10. The number of rotatable bonds is 5. The van der Waals surface area contributed by atoms with Crippen LogP contribution in [0.5, 0.6) is 0 Å².